The van der Waals surface area contributed by atoms with Gasteiger partial charge in [0, 0.05) is 16.8 Å². The minimum Gasteiger partial charge on any atom is -0.493 e. The van der Waals surface area contributed by atoms with E-state index in [1.807, 2.05) is 0 Å². The van der Waals surface area contributed by atoms with Crippen LogP contribution < -0.4 is 4.74 Å². The standard InChI is InChI=1S/C15H19BrClFO/c16-10-15(7-3-1-2-4-8-15)11-19-12-5-6-13(17)14(18)9-12/h5-6,9H,1-4,7-8,10-11H2. The van der Waals surface area contributed by atoms with Gasteiger partial charge in [-0.2, -0.15) is 0 Å². The quantitative estimate of drug-likeness (QED) is 0.508. The zero-order valence-corrected chi connectivity index (χ0v) is 13.3. The van der Waals surface area contributed by atoms with Crippen molar-refractivity contribution in [3.63, 3.8) is 0 Å². The van der Waals surface area contributed by atoms with Crippen molar-refractivity contribution in [2.24, 2.45) is 5.41 Å². The molecule has 19 heavy (non-hydrogen) atoms. The van der Waals surface area contributed by atoms with E-state index in [1.165, 1.54) is 44.6 Å². The smallest absolute Gasteiger partial charge is 0.145 e. The highest BCUT2D eigenvalue weighted by Gasteiger charge is 2.30. The highest BCUT2D eigenvalue weighted by Crippen LogP contribution is 2.37. The van der Waals surface area contributed by atoms with Crippen LogP contribution in [0.2, 0.25) is 5.02 Å². The fourth-order valence-electron chi connectivity index (χ4n) is 2.60. The lowest BCUT2D eigenvalue weighted by atomic mass is 9.83. The molecule has 106 valence electrons. The second kappa shape index (κ2) is 6.94. The number of rotatable bonds is 4. The number of benzene rings is 1. The predicted octanol–water partition coefficient (Wildman–Crippen LogP) is 5.59. The lowest BCUT2D eigenvalue weighted by Crippen LogP contribution is -2.30. The Morgan fingerprint density at radius 1 is 1.21 bits per heavy atom. The molecule has 1 nitrogen and oxygen atoms in total. The molecule has 0 unspecified atom stereocenters. The van der Waals surface area contributed by atoms with Gasteiger partial charge in [-0.25, -0.2) is 4.39 Å². The molecule has 1 aliphatic carbocycles. The van der Waals surface area contributed by atoms with E-state index in [1.54, 1.807) is 12.1 Å². The van der Waals surface area contributed by atoms with Gasteiger partial charge in [0.05, 0.1) is 11.6 Å². The summed E-state index contributed by atoms with van der Waals surface area (Å²) in [7, 11) is 0. The molecular formula is C15H19BrClFO. The Morgan fingerprint density at radius 2 is 1.89 bits per heavy atom. The van der Waals surface area contributed by atoms with Crippen LogP contribution in [0.25, 0.3) is 0 Å². The summed E-state index contributed by atoms with van der Waals surface area (Å²) in [6, 6.07) is 4.63. The van der Waals surface area contributed by atoms with E-state index in [2.05, 4.69) is 15.9 Å². The van der Waals surface area contributed by atoms with E-state index < -0.39 is 5.82 Å². The summed E-state index contributed by atoms with van der Waals surface area (Å²) in [5, 5.41) is 1.08. The average molecular weight is 350 g/mol. The molecular weight excluding hydrogens is 331 g/mol. The molecule has 1 saturated carbocycles. The van der Waals surface area contributed by atoms with Gasteiger partial charge in [0.2, 0.25) is 0 Å². The van der Waals surface area contributed by atoms with Gasteiger partial charge in [-0.05, 0) is 25.0 Å². The Labute approximate surface area is 127 Å². The van der Waals surface area contributed by atoms with Crippen LogP contribution >= 0.6 is 27.5 Å². The van der Waals surface area contributed by atoms with Gasteiger partial charge in [0.25, 0.3) is 0 Å². The van der Waals surface area contributed by atoms with Crippen LogP contribution in [0.3, 0.4) is 0 Å². The third-order valence-electron chi connectivity index (χ3n) is 3.88. The van der Waals surface area contributed by atoms with E-state index in [0.29, 0.717) is 12.4 Å². The van der Waals surface area contributed by atoms with Gasteiger partial charge in [-0.15, -0.1) is 0 Å². The first-order valence-electron chi connectivity index (χ1n) is 6.79. The minimum absolute atomic E-state index is 0.136. The first-order valence-corrected chi connectivity index (χ1v) is 8.29. The van der Waals surface area contributed by atoms with Crippen LogP contribution in [-0.4, -0.2) is 11.9 Å². The maximum atomic E-state index is 13.4. The number of hydrogen-bond donors (Lipinski definition) is 0. The molecule has 0 aromatic heterocycles. The molecule has 0 N–H and O–H groups in total. The molecule has 0 aliphatic heterocycles. The van der Waals surface area contributed by atoms with E-state index >= 15 is 0 Å². The number of halogens is 3. The Kier molecular flexibility index (Phi) is 5.52. The van der Waals surface area contributed by atoms with E-state index in [9.17, 15) is 4.39 Å². The van der Waals surface area contributed by atoms with Crippen molar-refractivity contribution in [3.05, 3.63) is 29.0 Å². The molecule has 0 radical (unpaired) electrons. The van der Waals surface area contributed by atoms with Gasteiger partial charge in [0.1, 0.15) is 11.6 Å². The normalized spacial score (nSPS) is 18.9. The SMILES string of the molecule is Fc1cc(OCC2(CBr)CCCCCC2)ccc1Cl. The molecule has 1 aromatic carbocycles. The van der Waals surface area contributed by atoms with Crippen LogP contribution in [-0.2, 0) is 0 Å². The number of alkyl halides is 1. The van der Waals surface area contributed by atoms with Crippen molar-refractivity contribution in [1.82, 2.24) is 0 Å². The molecule has 1 aromatic rings. The Hall–Kier alpha value is -0.280. The van der Waals surface area contributed by atoms with Gasteiger partial charge in [0.15, 0.2) is 0 Å². The minimum atomic E-state index is -0.423. The molecule has 0 atom stereocenters. The largest absolute Gasteiger partial charge is 0.493 e. The van der Waals surface area contributed by atoms with Crippen molar-refractivity contribution in [2.45, 2.75) is 38.5 Å². The molecule has 0 heterocycles. The van der Waals surface area contributed by atoms with Crippen LogP contribution in [0.15, 0.2) is 18.2 Å². The third-order valence-corrected chi connectivity index (χ3v) is 5.38. The summed E-state index contributed by atoms with van der Waals surface area (Å²) in [4.78, 5) is 0. The van der Waals surface area contributed by atoms with Crippen molar-refractivity contribution in [2.75, 3.05) is 11.9 Å². The van der Waals surface area contributed by atoms with Gasteiger partial charge < -0.3 is 4.74 Å². The summed E-state index contributed by atoms with van der Waals surface area (Å²) in [5.74, 6) is 0.138. The predicted molar refractivity (Wildman–Crippen MR) is 80.8 cm³/mol. The molecule has 4 heteroatoms. The fraction of sp³-hybridized carbons (Fsp3) is 0.600. The third kappa shape index (κ3) is 4.09. The van der Waals surface area contributed by atoms with Gasteiger partial charge in [-0.1, -0.05) is 53.2 Å². The Bertz CT molecular complexity index is 417. The summed E-state index contributed by atoms with van der Waals surface area (Å²) >= 11 is 9.29. The van der Waals surface area contributed by atoms with Crippen LogP contribution in [0.1, 0.15) is 38.5 Å². The monoisotopic (exact) mass is 348 g/mol. The van der Waals surface area contributed by atoms with Crippen LogP contribution in [0.5, 0.6) is 5.75 Å². The first kappa shape index (κ1) is 15.1. The fourth-order valence-corrected chi connectivity index (χ4v) is 3.44. The topological polar surface area (TPSA) is 9.23 Å². The zero-order chi connectivity index (χ0) is 13.7. The second-order valence-electron chi connectivity index (χ2n) is 5.41. The molecule has 2 rings (SSSR count). The van der Waals surface area contributed by atoms with Crippen LogP contribution in [0.4, 0.5) is 4.39 Å². The van der Waals surface area contributed by atoms with E-state index in [-0.39, 0.29) is 10.4 Å². The lowest BCUT2D eigenvalue weighted by Gasteiger charge is -2.30. The zero-order valence-electron chi connectivity index (χ0n) is 10.9. The Balaban J connectivity index is 2.00. The van der Waals surface area contributed by atoms with Gasteiger partial charge >= 0.3 is 0 Å². The average Bonchev–Trinajstić information content (AvgIpc) is 2.66. The van der Waals surface area contributed by atoms with Gasteiger partial charge in [-0.3, -0.25) is 0 Å². The number of ether oxygens (including phenoxy) is 1. The maximum absolute atomic E-state index is 13.4. The molecule has 1 aliphatic rings. The highest BCUT2D eigenvalue weighted by molar-refractivity contribution is 9.09. The van der Waals surface area contributed by atoms with Crippen LogP contribution in [0, 0.1) is 11.2 Å². The molecule has 0 amide bonds. The number of hydrogen-bond acceptors (Lipinski definition) is 1. The van der Waals surface area contributed by atoms with Crippen molar-refractivity contribution in [3.8, 4) is 5.75 Å². The van der Waals surface area contributed by atoms with Crippen molar-refractivity contribution >= 4 is 27.5 Å². The first-order chi connectivity index (χ1) is 9.15. The van der Waals surface area contributed by atoms with E-state index in [4.69, 9.17) is 16.3 Å². The highest BCUT2D eigenvalue weighted by atomic mass is 79.9. The van der Waals surface area contributed by atoms with Crippen molar-refractivity contribution < 1.29 is 9.13 Å². The molecule has 0 bridgehead atoms. The molecule has 0 saturated heterocycles. The molecule has 1 fully saturated rings. The summed E-state index contributed by atoms with van der Waals surface area (Å²) in [6.07, 6.45) is 7.48. The van der Waals surface area contributed by atoms with Crippen molar-refractivity contribution in [1.29, 1.82) is 0 Å². The maximum Gasteiger partial charge on any atom is 0.145 e. The van der Waals surface area contributed by atoms with E-state index in [0.717, 1.165) is 5.33 Å². The summed E-state index contributed by atoms with van der Waals surface area (Å²) in [5.41, 5.74) is 0.187. The lowest BCUT2D eigenvalue weighted by molar-refractivity contribution is 0.149. The Morgan fingerprint density at radius 3 is 2.47 bits per heavy atom. The summed E-state index contributed by atoms with van der Waals surface area (Å²) in [6.45, 7) is 0.638. The summed E-state index contributed by atoms with van der Waals surface area (Å²) < 4.78 is 19.2. The molecule has 0 spiro atoms. The second-order valence-corrected chi connectivity index (χ2v) is 6.38.